The minimum Gasteiger partial charge on any atom is -0.371 e. The zero-order valence-electron chi connectivity index (χ0n) is 11.8. The van der Waals surface area contributed by atoms with Crippen LogP contribution in [0.25, 0.3) is 0 Å². The largest absolute Gasteiger partial charge is 0.371 e. The van der Waals surface area contributed by atoms with Crippen molar-refractivity contribution in [2.24, 2.45) is 0 Å². The van der Waals surface area contributed by atoms with Crippen molar-refractivity contribution in [3.63, 3.8) is 0 Å². The van der Waals surface area contributed by atoms with Crippen LogP contribution in [0.3, 0.4) is 0 Å². The first-order chi connectivity index (χ1) is 8.58. The van der Waals surface area contributed by atoms with Crippen LogP contribution in [-0.2, 0) is 6.54 Å². The molecule has 0 saturated carbocycles. The molecule has 1 aromatic heterocycles. The summed E-state index contributed by atoms with van der Waals surface area (Å²) in [6, 6.07) is 2.09. The number of nitrogens with one attached hydrogen (secondary N) is 1. The summed E-state index contributed by atoms with van der Waals surface area (Å²) >= 11 is 0. The molecular weight excluding hydrogens is 228 g/mol. The van der Waals surface area contributed by atoms with E-state index in [0.29, 0.717) is 12.6 Å². The highest BCUT2D eigenvalue weighted by Crippen LogP contribution is 2.07. The Hall–Kier alpha value is -1.36. The predicted octanol–water partition coefficient (Wildman–Crippen LogP) is 1.09. The van der Waals surface area contributed by atoms with Gasteiger partial charge < -0.3 is 10.2 Å². The SMILES string of the molecule is CCN(CC)c1cnn(CCNC(C)C)c(=O)c1. The number of aromatic nitrogens is 2. The first-order valence-corrected chi connectivity index (χ1v) is 6.64. The third-order valence-corrected chi connectivity index (χ3v) is 2.86. The van der Waals surface area contributed by atoms with Gasteiger partial charge in [0.15, 0.2) is 0 Å². The summed E-state index contributed by atoms with van der Waals surface area (Å²) in [4.78, 5) is 14.0. The van der Waals surface area contributed by atoms with E-state index < -0.39 is 0 Å². The van der Waals surface area contributed by atoms with Crippen molar-refractivity contribution >= 4 is 5.69 Å². The third kappa shape index (κ3) is 4.14. The van der Waals surface area contributed by atoms with Gasteiger partial charge in [0.1, 0.15) is 0 Å². The van der Waals surface area contributed by atoms with E-state index in [1.165, 1.54) is 4.68 Å². The van der Waals surface area contributed by atoms with Crippen molar-refractivity contribution in [1.29, 1.82) is 0 Å². The fraction of sp³-hybridized carbons (Fsp3) is 0.692. The Labute approximate surface area is 109 Å². The average molecular weight is 252 g/mol. The van der Waals surface area contributed by atoms with Crippen LogP contribution < -0.4 is 15.8 Å². The number of rotatable bonds is 7. The second-order valence-electron chi connectivity index (χ2n) is 4.56. The molecule has 0 bridgehead atoms. The normalized spacial score (nSPS) is 10.9. The second kappa shape index (κ2) is 7.16. The molecule has 0 amide bonds. The fourth-order valence-corrected chi connectivity index (χ4v) is 1.81. The van der Waals surface area contributed by atoms with Crippen LogP contribution in [0, 0.1) is 0 Å². The minimum absolute atomic E-state index is 0.0371. The van der Waals surface area contributed by atoms with E-state index in [-0.39, 0.29) is 5.56 Å². The average Bonchev–Trinajstić information content (AvgIpc) is 2.33. The lowest BCUT2D eigenvalue weighted by Gasteiger charge is -2.20. The van der Waals surface area contributed by atoms with Gasteiger partial charge in [-0.1, -0.05) is 13.8 Å². The van der Waals surface area contributed by atoms with E-state index in [0.717, 1.165) is 25.3 Å². The third-order valence-electron chi connectivity index (χ3n) is 2.86. The number of hydrogen-bond acceptors (Lipinski definition) is 4. The van der Waals surface area contributed by atoms with Crippen LogP contribution in [-0.4, -0.2) is 35.5 Å². The van der Waals surface area contributed by atoms with Gasteiger partial charge in [-0.05, 0) is 13.8 Å². The molecule has 1 aromatic rings. The monoisotopic (exact) mass is 252 g/mol. The standard InChI is InChI=1S/C13H24N4O/c1-5-16(6-2)12-9-13(18)17(15-10-12)8-7-14-11(3)4/h9-11,14H,5-8H2,1-4H3. The van der Waals surface area contributed by atoms with Gasteiger partial charge in [0.05, 0.1) is 18.4 Å². The Morgan fingerprint density at radius 1 is 1.39 bits per heavy atom. The van der Waals surface area contributed by atoms with Crippen molar-refractivity contribution in [2.75, 3.05) is 24.5 Å². The fourth-order valence-electron chi connectivity index (χ4n) is 1.81. The molecule has 0 aliphatic rings. The lowest BCUT2D eigenvalue weighted by atomic mass is 10.4. The lowest BCUT2D eigenvalue weighted by Crippen LogP contribution is -2.32. The van der Waals surface area contributed by atoms with Crippen LogP contribution in [0.4, 0.5) is 5.69 Å². The van der Waals surface area contributed by atoms with E-state index in [9.17, 15) is 4.79 Å². The highest BCUT2D eigenvalue weighted by molar-refractivity contribution is 5.42. The molecule has 5 heteroatoms. The highest BCUT2D eigenvalue weighted by Gasteiger charge is 2.05. The van der Waals surface area contributed by atoms with E-state index in [2.05, 4.69) is 43.0 Å². The van der Waals surface area contributed by atoms with Gasteiger partial charge in [-0.2, -0.15) is 5.10 Å². The number of nitrogens with zero attached hydrogens (tertiary/aromatic N) is 3. The number of anilines is 1. The van der Waals surface area contributed by atoms with Gasteiger partial charge in [-0.25, -0.2) is 4.68 Å². The Morgan fingerprint density at radius 2 is 2.06 bits per heavy atom. The summed E-state index contributed by atoms with van der Waals surface area (Å²) in [6.07, 6.45) is 1.77. The quantitative estimate of drug-likeness (QED) is 0.789. The second-order valence-corrected chi connectivity index (χ2v) is 4.56. The van der Waals surface area contributed by atoms with Gasteiger partial charge >= 0.3 is 0 Å². The maximum absolute atomic E-state index is 11.9. The summed E-state index contributed by atoms with van der Waals surface area (Å²) in [5.74, 6) is 0. The maximum atomic E-state index is 11.9. The van der Waals surface area contributed by atoms with Crippen molar-refractivity contribution in [2.45, 2.75) is 40.3 Å². The first kappa shape index (κ1) is 14.7. The van der Waals surface area contributed by atoms with E-state index in [1.54, 1.807) is 12.3 Å². The zero-order chi connectivity index (χ0) is 13.5. The van der Waals surface area contributed by atoms with Gasteiger partial charge in [-0.15, -0.1) is 0 Å². The van der Waals surface area contributed by atoms with E-state index in [1.807, 2.05) is 0 Å². The van der Waals surface area contributed by atoms with Gasteiger partial charge in [0.2, 0.25) is 0 Å². The molecule has 0 unspecified atom stereocenters. The molecular formula is C13H24N4O. The first-order valence-electron chi connectivity index (χ1n) is 6.64. The van der Waals surface area contributed by atoms with Gasteiger partial charge in [-0.3, -0.25) is 4.79 Å². The van der Waals surface area contributed by atoms with Crippen molar-refractivity contribution in [3.05, 3.63) is 22.6 Å². The molecule has 0 aliphatic carbocycles. The van der Waals surface area contributed by atoms with E-state index >= 15 is 0 Å². The van der Waals surface area contributed by atoms with Crippen LogP contribution in [0.2, 0.25) is 0 Å². The van der Waals surface area contributed by atoms with Crippen LogP contribution in [0.1, 0.15) is 27.7 Å². The summed E-state index contributed by atoms with van der Waals surface area (Å²) in [5.41, 5.74) is 0.864. The molecule has 0 aliphatic heterocycles. The van der Waals surface area contributed by atoms with Crippen LogP contribution in [0.5, 0.6) is 0 Å². The van der Waals surface area contributed by atoms with Crippen LogP contribution >= 0.6 is 0 Å². The minimum atomic E-state index is -0.0371. The summed E-state index contributed by atoms with van der Waals surface area (Å²) in [5, 5.41) is 7.49. The number of hydrogen-bond donors (Lipinski definition) is 1. The highest BCUT2D eigenvalue weighted by atomic mass is 16.1. The van der Waals surface area contributed by atoms with Crippen molar-refractivity contribution in [3.8, 4) is 0 Å². The molecule has 0 saturated heterocycles. The molecule has 0 spiro atoms. The summed E-state index contributed by atoms with van der Waals surface area (Å²) in [7, 11) is 0. The van der Waals surface area contributed by atoms with Gasteiger partial charge in [0.25, 0.3) is 5.56 Å². The predicted molar refractivity (Wildman–Crippen MR) is 75.2 cm³/mol. The lowest BCUT2D eigenvalue weighted by molar-refractivity contribution is 0.500. The molecule has 0 radical (unpaired) electrons. The Balaban J connectivity index is 2.70. The Kier molecular flexibility index (Phi) is 5.85. The topological polar surface area (TPSA) is 50.2 Å². The molecule has 1 N–H and O–H groups in total. The van der Waals surface area contributed by atoms with Crippen molar-refractivity contribution in [1.82, 2.24) is 15.1 Å². The molecule has 1 rings (SSSR count). The van der Waals surface area contributed by atoms with Gasteiger partial charge in [0, 0.05) is 31.7 Å². The summed E-state index contributed by atoms with van der Waals surface area (Å²) < 4.78 is 1.50. The molecule has 1 heterocycles. The molecule has 5 nitrogen and oxygen atoms in total. The molecule has 102 valence electrons. The smallest absolute Gasteiger partial charge is 0.268 e. The van der Waals surface area contributed by atoms with Crippen LogP contribution in [0.15, 0.2) is 17.1 Å². The van der Waals surface area contributed by atoms with E-state index in [4.69, 9.17) is 0 Å². The summed E-state index contributed by atoms with van der Waals surface area (Å²) in [6.45, 7) is 11.4. The maximum Gasteiger partial charge on any atom is 0.268 e. The molecule has 0 atom stereocenters. The Bertz CT molecular complexity index is 410. The Morgan fingerprint density at radius 3 is 2.56 bits per heavy atom. The zero-order valence-corrected chi connectivity index (χ0v) is 11.8. The molecule has 18 heavy (non-hydrogen) atoms. The molecule has 0 fully saturated rings. The molecule has 0 aromatic carbocycles. The van der Waals surface area contributed by atoms with Crippen molar-refractivity contribution < 1.29 is 0 Å².